The van der Waals surface area contributed by atoms with Gasteiger partial charge in [0.2, 0.25) is 5.75 Å². The van der Waals surface area contributed by atoms with Gasteiger partial charge in [-0.15, -0.1) is 0 Å². The fourth-order valence-corrected chi connectivity index (χ4v) is 3.67. The summed E-state index contributed by atoms with van der Waals surface area (Å²) in [6, 6.07) is 9.74. The number of rotatable bonds is 7. The van der Waals surface area contributed by atoms with Crippen molar-refractivity contribution >= 4 is 22.0 Å². The molecule has 0 radical (unpaired) electrons. The molecule has 0 atom stereocenters. The molecule has 0 bridgehead atoms. The van der Waals surface area contributed by atoms with Crippen LogP contribution in [0.1, 0.15) is 31.9 Å². The van der Waals surface area contributed by atoms with Crippen molar-refractivity contribution in [1.29, 1.82) is 0 Å². The second-order valence-electron chi connectivity index (χ2n) is 7.54. The van der Waals surface area contributed by atoms with Crippen molar-refractivity contribution in [3.05, 3.63) is 53.6 Å². The van der Waals surface area contributed by atoms with E-state index in [1.54, 1.807) is 24.3 Å². The number of nitrogens with one attached hydrogen (secondary N) is 1. The summed E-state index contributed by atoms with van der Waals surface area (Å²) >= 11 is 0. The molecule has 162 valence electrons. The third kappa shape index (κ3) is 5.54. The van der Waals surface area contributed by atoms with Crippen LogP contribution in [-0.4, -0.2) is 35.7 Å². The third-order valence-corrected chi connectivity index (χ3v) is 5.74. The van der Waals surface area contributed by atoms with E-state index < -0.39 is 15.9 Å². The number of carbonyl (C=O) groups excluding carboxylic acids is 1. The van der Waals surface area contributed by atoms with E-state index in [0.29, 0.717) is 22.8 Å². The van der Waals surface area contributed by atoms with Gasteiger partial charge < -0.3 is 14.2 Å². The van der Waals surface area contributed by atoms with Gasteiger partial charge in [0.15, 0.2) is 11.5 Å². The van der Waals surface area contributed by atoms with Gasteiger partial charge in [0, 0.05) is 6.08 Å². The first-order chi connectivity index (χ1) is 14.0. The highest BCUT2D eigenvalue weighted by molar-refractivity contribution is 7.90. The smallest absolute Gasteiger partial charge is 0.264 e. The van der Waals surface area contributed by atoms with Crippen LogP contribution in [0.2, 0.25) is 0 Å². The van der Waals surface area contributed by atoms with Crippen molar-refractivity contribution in [2.24, 2.45) is 0 Å². The summed E-state index contributed by atoms with van der Waals surface area (Å²) in [5.41, 5.74) is 1.47. The maximum atomic E-state index is 12.5. The quantitative estimate of drug-likeness (QED) is 0.672. The van der Waals surface area contributed by atoms with E-state index in [1.807, 2.05) is 25.5 Å². The van der Waals surface area contributed by atoms with E-state index in [2.05, 4.69) is 0 Å². The van der Waals surface area contributed by atoms with Crippen LogP contribution in [0.5, 0.6) is 17.2 Å². The average Bonchev–Trinajstić information content (AvgIpc) is 2.70. The van der Waals surface area contributed by atoms with Crippen LogP contribution >= 0.6 is 0 Å². The highest BCUT2D eigenvalue weighted by Crippen LogP contribution is 2.38. The summed E-state index contributed by atoms with van der Waals surface area (Å²) in [6.45, 7) is 6.10. The minimum Gasteiger partial charge on any atom is -0.493 e. The maximum absolute atomic E-state index is 12.5. The van der Waals surface area contributed by atoms with Crippen LogP contribution in [0.3, 0.4) is 0 Å². The monoisotopic (exact) mass is 433 g/mol. The molecule has 2 aromatic carbocycles. The van der Waals surface area contributed by atoms with E-state index in [0.717, 1.165) is 11.6 Å². The summed E-state index contributed by atoms with van der Waals surface area (Å²) in [6.07, 6.45) is 2.58. The van der Waals surface area contributed by atoms with Crippen LogP contribution in [0.4, 0.5) is 0 Å². The van der Waals surface area contributed by atoms with E-state index >= 15 is 0 Å². The fourth-order valence-electron chi connectivity index (χ4n) is 2.73. The van der Waals surface area contributed by atoms with Gasteiger partial charge >= 0.3 is 0 Å². The van der Waals surface area contributed by atoms with Gasteiger partial charge in [-0.1, -0.05) is 32.9 Å². The van der Waals surface area contributed by atoms with Gasteiger partial charge in [0.1, 0.15) is 0 Å². The normalized spacial score (nSPS) is 11.9. The average molecular weight is 434 g/mol. The van der Waals surface area contributed by atoms with Crippen LogP contribution in [-0.2, 0) is 20.2 Å². The molecule has 8 heteroatoms. The van der Waals surface area contributed by atoms with Gasteiger partial charge in [0.05, 0.1) is 26.2 Å². The summed E-state index contributed by atoms with van der Waals surface area (Å²) in [7, 11) is 0.468. The Morgan fingerprint density at radius 1 is 0.933 bits per heavy atom. The Bertz CT molecular complexity index is 1010. The topological polar surface area (TPSA) is 90.9 Å². The van der Waals surface area contributed by atoms with E-state index in [9.17, 15) is 13.2 Å². The molecule has 0 heterocycles. The Hall–Kier alpha value is -3.00. The van der Waals surface area contributed by atoms with Crippen LogP contribution in [0.15, 0.2) is 47.4 Å². The lowest BCUT2D eigenvalue weighted by Gasteiger charge is -2.19. The molecule has 0 aliphatic heterocycles. The lowest BCUT2D eigenvalue weighted by molar-refractivity contribution is -0.114. The molecule has 1 amide bonds. The SMILES string of the molecule is COc1cc(/C=C/C(=O)NS(=O)(=O)c2ccc(C(C)(C)C)cc2)cc(OC)c1OC. The number of hydrogen-bond donors (Lipinski definition) is 1. The Labute approximate surface area is 177 Å². The first-order valence-electron chi connectivity index (χ1n) is 9.17. The minimum atomic E-state index is -3.98. The first-order valence-corrected chi connectivity index (χ1v) is 10.7. The number of amides is 1. The summed E-state index contributed by atoms with van der Waals surface area (Å²) in [5.74, 6) is 0.485. The number of carbonyl (C=O) groups is 1. The molecule has 2 aromatic rings. The molecular weight excluding hydrogens is 406 g/mol. The molecule has 0 aliphatic carbocycles. The highest BCUT2D eigenvalue weighted by atomic mass is 32.2. The van der Waals surface area contributed by atoms with Crippen molar-refractivity contribution in [1.82, 2.24) is 4.72 Å². The van der Waals surface area contributed by atoms with Gasteiger partial charge in [-0.05, 0) is 46.9 Å². The molecule has 2 rings (SSSR count). The molecule has 0 aromatic heterocycles. The third-order valence-electron chi connectivity index (χ3n) is 4.38. The minimum absolute atomic E-state index is 0.0186. The number of hydrogen-bond acceptors (Lipinski definition) is 6. The zero-order valence-electron chi connectivity index (χ0n) is 18.0. The fraction of sp³-hybridized carbons (Fsp3) is 0.318. The van der Waals surface area contributed by atoms with Crippen LogP contribution < -0.4 is 18.9 Å². The maximum Gasteiger partial charge on any atom is 0.264 e. The van der Waals surface area contributed by atoms with Crippen molar-refractivity contribution in [3.8, 4) is 17.2 Å². The number of benzene rings is 2. The second-order valence-corrected chi connectivity index (χ2v) is 9.22. The zero-order valence-corrected chi connectivity index (χ0v) is 18.8. The van der Waals surface area contributed by atoms with Gasteiger partial charge in [-0.3, -0.25) is 4.79 Å². The van der Waals surface area contributed by atoms with Crippen LogP contribution in [0, 0.1) is 0 Å². The predicted octanol–water partition coefficient (Wildman–Crippen LogP) is 3.53. The van der Waals surface area contributed by atoms with Gasteiger partial charge in [-0.2, -0.15) is 0 Å². The molecule has 0 unspecified atom stereocenters. The second kappa shape index (κ2) is 9.21. The first kappa shape index (κ1) is 23.3. The Morgan fingerprint density at radius 3 is 1.90 bits per heavy atom. The molecule has 0 fully saturated rings. The highest BCUT2D eigenvalue weighted by Gasteiger charge is 2.19. The molecule has 0 aliphatic rings. The lowest BCUT2D eigenvalue weighted by atomic mass is 9.87. The number of sulfonamides is 1. The van der Waals surface area contributed by atoms with Crippen molar-refractivity contribution in [2.45, 2.75) is 31.1 Å². The zero-order chi connectivity index (χ0) is 22.5. The number of methoxy groups -OCH3 is 3. The largest absolute Gasteiger partial charge is 0.493 e. The Balaban J connectivity index is 2.19. The molecule has 0 saturated heterocycles. The molecule has 1 N–H and O–H groups in total. The van der Waals surface area contributed by atoms with Crippen LogP contribution in [0.25, 0.3) is 6.08 Å². The van der Waals surface area contributed by atoms with E-state index in [4.69, 9.17) is 14.2 Å². The summed E-state index contributed by atoms with van der Waals surface area (Å²) in [4.78, 5) is 12.2. The summed E-state index contributed by atoms with van der Waals surface area (Å²) in [5, 5.41) is 0. The van der Waals surface area contributed by atoms with Crippen molar-refractivity contribution in [2.75, 3.05) is 21.3 Å². The van der Waals surface area contributed by atoms with E-state index in [1.165, 1.54) is 39.5 Å². The molecule has 30 heavy (non-hydrogen) atoms. The standard InChI is InChI=1S/C22H27NO6S/c1-22(2,3)16-8-10-17(11-9-16)30(25,26)23-20(24)12-7-15-13-18(27-4)21(29-6)19(14-15)28-5/h7-14H,1-6H3,(H,23,24)/b12-7+. The Morgan fingerprint density at radius 2 is 1.47 bits per heavy atom. The molecule has 0 spiro atoms. The van der Waals surface area contributed by atoms with Crippen molar-refractivity contribution in [3.63, 3.8) is 0 Å². The number of ether oxygens (including phenoxy) is 3. The van der Waals surface area contributed by atoms with E-state index in [-0.39, 0.29) is 10.3 Å². The Kier molecular flexibility index (Phi) is 7.15. The van der Waals surface area contributed by atoms with Gasteiger partial charge in [-0.25, -0.2) is 13.1 Å². The van der Waals surface area contributed by atoms with Crippen molar-refractivity contribution < 1.29 is 27.4 Å². The lowest BCUT2D eigenvalue weighted by Crippen LogP contribution is -2.29. The molecular formula is C22H27NO6S. The predicted molar refractivity (Wildman–Crippen MR) is 116 cm³/mol. The van der Waals surface area contributed by atoms with Gasteiger partial charge in [0.25, 0.3) is 15.9 Å². The summed E-state index contributed by atoms with van der Waals surface area (Å²) < 4.78 is 42.8. The molecule has 7 nitrogen and oxygen atoms in total. The molecule has 0 saturated carbocycles.